The third-order valence-electron chi connectivity index (χ3n) is 5.83. The maximum atomic E-state index is 12.6. The van der Waals surface area contributed by atoms with Crippen LogP contribution in [0.4, 0.5) is 0 Å². The molecule has 1 fully saturated rings. The van der Waals surface area contributed by atoms with Gasteiger partial charge >= 0.3 is 0 Å². The summed E-state index contributed by atoms with van der Waals surface area (Å²) in [7, 11) is 3.23. The largest absolute Gasteiger partial charge is 0.493 e. The van der Waals surface area contributed by atoms with Crippen molar-refractivity contribution in [2.45, 2.75) is 38.0 Å². The molecule has 0 saturated carbocycles. The summed E-state index contributed by atoms with van der Waals surface area (Å²) in [6.45, 7) is 4.20. The molecule has 0 aliphatic carbocycles. The van der Waals surface area contributed by atoms with Crippen LogP contribution in [0.1, 0.15) is 36.0 Å². The number of benzene rings is 2. The summed E-state index contributed by atoms with van der Waals surface area (Å²) < 4.78 is 16.2. The van der Waals surface area contributed by atoms with Crippen molar-refractivity contribution in [2.75, 3.05) is 34.0 Å². The average molecular weight is 398 g/mol. The molecule has 5 nitrogen and oxygen atoms in total. The molecule has 2 aromatic rings. The Bertz CT molecular complexity index is 810. The Hall–Kier alpha value is -2.53. The zero-order valence-corrected chi connectivity index (χ0v) is 17.6. The van der Waals surface area contributed by atoms with E-state index in [0.717, 1.165) is 31.6 Å². The van der Waals surface area contributed by atoms with Crippen LogP contribution in [0.5, 0.6) is 11.5 Å². The van der Waals surface area contributed by atoms with Crippen molar-refractivity contribution in [1.82, 2.24) is 5.32 Å². The SMILES string of the molecule is COc1ccc(CCC(=O)NCC2(c3ccc(C)cc3)CCOCC2)cc1OC. The van der Waals surface area contributed by atoms with Crippen LogP contribution in [-0.4, -0.2) is 39.9 Å². The van der Waals surface area contributed by atoms with E-state index in [1.54, 1.807) is 14.2 Å². The van der Waals surface area contributed by atoms with Gasteiger partial charge in [0.1, 0.15) is 0 Å². The Morgan fingerprint density at radius 1 is 1.03 bits per heavy atom. The number of hydrogen-bond acceptors (Lipinski definition) is 4. The van der Waals surface area contributed by atoms with Crippen LogP contribution in [0.2, 0.25) is 0 Å². The van der Waals surface area contributed by atoms with Gasteiger partial charge in [-0.2, -0.15) is 0 Å². The van der Waals surface area contributed by atoms with E-state index in [-0.39, 0.29) is 11.3 Å². The lowest BCUT2D eigenvalue weighted by Crippen LogP contribution is -2.44. The van der Waals surface area contributed by atoms with Crippen LogP contribution in [0.15, 0.2) is 42.5 Å². The molecule has 0 unspecified atom stereocenters. The zero-order valence-electron chi connectivity index (χ0n) is 17.6. The molecule has 0 aromatic heterocycles. The van der Waals surface area contributed by atoms with E-state index in [1.807, 2.05) is 18.2 Å². The van der Waals surface area contributed by atoms with Crippen LogP contribution in [0.3, 0.4) is 0 Å². The number of ether oxygens (including phenoxy) is 3. The molecule has 1 aliphatic heterocycles. The summed E-state index contributed by atoms with van der Waals surface area (Å²) in [5.74, 6) is 1.45. The first-order valence-electron chi connectivity index (χ1n) is 10.2. The zero-order chi connectivity index (χ0) is 20.7. The second-order valence-corrected chi connectivity index (χ2v) is 7.72. The first-order chi connectivity index (χ1) is 14.1. The monoisotopic (exact) mass is 397 g/mol. The second-order valence-electron chi connectivity index (χ2n) is 7.72. The van der Waals surface area contributed by atoms with Gasteiger partial charge in [0.25, 0.3) is 0 Å². The topological polar surface area (TPSA) is 56.8 Å². The van der Waals surface area contributed by atoms with Crippen molar-refractivity contribution in [3.63, 3.8) is 0 Å². The highest BCUT2D eigenvalue weighted by atomic mass is 16.5. The standard InChI is InChI=1S/C24H31NO4/c1-18-4-8-20(9-5-18)24(12-14-29-15-13-24)17-25-23(26)11-7-19-6-10-21(27-2)22(16-19)28-3/h4-6,8-10,16H,7,11-15,17H2,1-3H3,(H,25,26). The molecule has 0 radical (unpaired) electrons. The molecular formula is C24H31NO4. The number of amides is 1. The molecule has 1 saturated heterocycles. The number of hydrogen-bond donors (Lipinski definition) is 1. The van der Waals surface area contributed by atoms with Crippen molar-refractivity contribution < 1.29 is 19.0 Å². The van der Waals surface area contributed by atoms with E-state index < -0.39 is 0 Å². The smallest absolute Gasteiger partial charge is 0.220 e. The maximum Gasteiger partial charge on any atom is 0.220 e. The molecule has 156 valence electrons. The lowest BCUT2D eigenvalue weighted by molar-refractivity contribution is -0.121. The molecule has 1 aliphatic rings. The van der Waals surface area contributed by atoms with Gasteiger partial charge in [-0.05, 0) is 49.4 Å². The fourth-order valence-electron chi connectivity index (χ4n) is 3.89. The van der Waals surface area contributed by atoms with E-state index in [0.29, 0.717) is 30.9 Å². The van der Waals surface area contributed by atoms with Gasteiger partial charge in [0.05, 0.1) is 14.2 Å². The van der Waals surface area contributed by atoms with Crippen molar-refractivity contribution in [1.29, 1.82) is 0 Å². The van der Waals surface area contributed by atoms with Gasteiger partial charge in [0, 0.05) is 31.6 Å². The number of nitrogens with one attached hydrogen (secondary N) is 1. The minimum Gasteiger partial charge on any atom is -0.493 e. The van der Waals surface area contributed by atoms with Crippen molar-refractivity contribution in [3.05, 3.63) is 59.2 Å². The van der Waals surface area contributed by atoms with Crippen molar-refractivity contribution in [2.24, 2.45) is 0 Å². The normalized spacial score (nSPS) is 15.6. The van der Waals surface area contributed by atoms with Gasteiger partial charge in [-0.3, -0.25) is 4.79 Å². The molecule has 29 heavy (non-hydrogen) atoms. The minimum absolute atomic E-state index is 0.0507. The Kier molecular flexibility index (Phi) is 7.15. The summed E-state index contributed by atoms with van der Waals surface area (Å²) in [5.41, 5.74) is 3.53. The number of carbonyl (C=O) groups excluding carboxylic acids is 1. The molecule has 1 N–H and O–H groups in total. The molecule has 0 spiro atoms. The van der Waals surface area contributed by atoms with Crippen molar-refractivity contribution in [3.8, 4) is 11.5 Å². The summed E-state index contributed by atoms with van der Waals surface area (Å²) in [5, 5.41) is 3.18. The highest BCUT2D eigenvalue weighted by Gasteiger charge is 2.34. The number of carbonyl (C=O) groups is 1. The quantitative estimate of drug-likeness (QED) is 0.736. The molecule has 1 amide bonds. The summed E-state index contributed by atoms with van der Waals surface area (Å²) in [6, 6.07) is 14.4. The fraction of sp³-hybridized carbons (Fsp3) is 0.458. The molecular weight excluding hydrogens is 366 g/mol. The maximum absolute atomic E-state index is 12.6. The summed E-state index contributed by atoms with van der Waals surface area (Å²) in [6.07, 6.45) is 2.95. The van der Waals surface area contributed by atoms with Crippen LogP contribution >= 0.6 is 0 Å². The van der Waals surface area contributed by atoms with E-state index in [4.69, 9.17) is 14.2 Å². The highest BCUT2D eigenvalue weighted by molar-refractivity contribution is 5.76. The van der Waals surface area contributed by atoms with Crippen LogP contribution in [0, 0.1) is 6.92 Å². The van der Waals surface area contributed by atoms with Gasteiger partial charge in [-0.25, -0.2) is 0 Å². The molecule has 0 atom stereocenters. The van der Waals surface area contributed by atoms with Crippen LogP contribution < -0.4 is 14.8 Å². The van der Waals surface area contributed by atoms with Gasteiger partial charge in [-0.1, -0.05) is 35.9 Å². The third kappa shape index (κ3) is 5.30. The Morgan fingerprint density at radius 3 is 2.38 bits per heavy atom. The molecule has 5 heteroatoms. The lowest BCUT2D eigenvalue weighted by atomic mass is 9.74. The Morgan fingerprint density at radius 2 is 1.72 bits per heavy atom. The first kappa shape index (κ1) is 21.2. The van der Waals surface area contributed by atoms with E-state index in [2.05, 4.69) is 36.5 Å². The van der Waals surface area contributed by atoms with Crippen LogP contribution in [-0.2, 0) is 21.4 Å². The number of rotatable bonds is 8. The number of methoxy groups -OCH3 is 2. The second kappa shape index (κ2) is 9.79. The predicted molar refractivity (Wildman–Crippen MR) is 114 cm³/mol. The average Bonchev–Trinajstić information content (AvgIpc) is 2.77. The third-order valence-corrected chi connectivity index (χ3v) is 5.83. The summed E-state index contributed by atoms with van der Waals surface area (Å²) >= 11 is 0. The highest BCUT2D eigenvalue weighted by Crippen LogP contribution is 2.34. The van der Waals surface area contributed by atoms with Gasteiger partial charge in [0.2, 0.25) is 5.91 Å². The predicted octanol–water partition coefficient (Wildman–Crippen LogP) is 3.81. The van der Waals surface area contributed by atoms with Crippen LogP contribution in [0.25, 0.3) is 0 Å². The van der Waals surface area contributed by atoms with E-state index in [1.165, 1.54) is 11.1 Å². The van der Waals surface area contributed by atoms with E-state index >= 15 is 0 Å². The molecule has 1 heterocycles. The van der Waals surface area contributed by atoms with E-state index in [9.17, 15) is 4.79 Å². The Labute approximate surface area is 173 Å². The first-order valence-corrected chi connectivity index (χ1v) is 10.2. The van der Waals surface area contributed by atoms with Crippen molar-refractivity contribution >= 4 is 5.91 Å². The van der Waals surface area contributed by atoms with Gasteiger partial charge in [-0.15, -0.1) is 0 Å². The van der Waals surface area contributed by atoms with Gasteiger partial charge in [0.15, 0.2) is 11.5 Å². The molecule has 0 bridgehead atoms. The number of aryl methyl sites for hydroxylation is 2. The molecule has 3 rings (SSSR count). The molecule has 2 aromatic carbocycles. The van der Waals surface area contributed by atoms with Gasteiger partial charge < -0.3 is 19.5 Å². The lowest BCUT2D eigenvalue weighted by Gasteiger charge is -2.38. The summed E-state index contributed by atoms with van der Waals surface area (Å²) in [4.78, 5) is 12.6. The fourth-order valence-corrected chi connectivity index (χ4v) is 3.89. The minimum atomic E-state index is -0.0507. The Balaban J connectivity index is 1.60.